The summed E-state index contributed by atoms with van der Waals surface area (Å²) in [6.45, 7) is 4.73. The molecule has 1 aromatic heterocycles. The summed E-state index contributed by atoms with van der Waals surface area (Å²) in [5.74, 6) is 1.58. The Balaban J connectivity index is 2.67. The first-order valence-corrected chi connectivity index (χ1v) is 5.47. The van der Waals surface area contributed by atoms with Gasteiger partial charge in [0.15, 0.2) is 5.82 Å². The number of hydrogen-bond donors (Lipinski definition) is 1. The van der Waals surface area contributed by atoms with Gasteiger partial charge < -0.3 is 10.3 Å². The summed E-state index contributed by atoms with van der Waals surface area (Å²) in [6, 6.07) is 5.43. The van der Waals surface area contributed by atoms with Gasteiger partial charge in [-0.1, -0.05) is 17.7 Å². The number of rotatable bonds is 2. The lowest BCUT2D eigenvalue weighted by Crippen LogP contribution is -2.02. The summed E-state index contributed by atoms with van der Waals surface area (Å²) in [5, 5.41) is 8.77. The van der Waals surface area contributed by atoms with Crippen LogP contribution in [0.25, 0.3) is 11.4 Å². The first-order valence-electron chi connectivity index (χ1n) is 5.09. The van der Waals surface area contributed by atoms with Crippen LogP contribution in [-0.2, 0) is 6.54 Å². The van der Waals surface area contributed by atoms with Crippen molar-refractivity contribution in [2.75, 3.05) is 5.73 Å². The molecular formula is C11H13ClN4. The fraction of sp³-hybridized carbons (Fsp3) is 0.273. The summed E-state index contributed by atoms with van der Waals surface area (Å²) in [7, 11) is 0. The molecule has 84 valence electrons. The number of aryl methyl sites for hydroxylation is 1. The van der Waals surface area contributed by atoms with Crippen molar-refractivity contribution in [3.8, 4) is 11.4 Å². The fourth-order valence-corrected chi connectivity index (χ4v) is 1.99. The second-order valence-electron chi connectivity index (χ2n) is 3.52. The molecule has 0 amide bonds. The largest absolute Gasteiger partial charge is 0.398 e. The van der Waals surface area contributed by atoms with Crippen LogP contribution in [0.5, 0.6) is 0 Å². The maximum absolute atomic E-state index is 6.14. The zero-order chi connectivity index (χ0) is 11.7. The van der Waals surface area contributed by atoms with Crippen molar-refractivity contribution >= 4 is 17.3 Å². The maximum atomic E-state index is 6.14. The average molecular weight is 237 g/mol. The Hall–Kier alpha value is -1.55. The molecule has 0 saturated carbocycles. The van der Waals surface area contributed by atoms with Crippen LogP contribution in [0.2, 0.25) is 5.02 Å². The molecule has 0 aliphatic heterocycles. The molecule has 0 aliphatic rings. The lowest BCUT2D eigenvalue weighted by Gasteiger charge is -2.09. The van der Waals surface area contributed by atoms with Gasteiger partial charge in [0.1, 0.15) is 5.82 Å². The molecule has 0 aliphatic carbocycles. The van der Waals surface area contributed by atoms with E-state index in [1.54, 1.807) is 6.07 Å². The Kier molecular flexibility index (Phi) is 2.83. The molecule has 2 aromatic rings. The van der Waals surface area contributed by atoms with Crippen LogP contribution in [0.15, 0.2) is 18.2 Å². The Morgan fingerprint density at radius 2 is 2.12 bits per heavy atom. The van der Waals surface area contributed by atoms with E-state index in [1.807, 2.05) is 30.5 Å². The van der Waals surface area contributed by atoms with E-state index >= 15 is 0 Å². The molecule has 2 rings (SSSR count). The Labute approximate surface area is 99.1 Å². The molecule has 0 bridgehead atoms. The highest BCUT2D eigenvalue weighted by molar-refractivity contribution is 6.33. The highest BCUT2D eigenvalue weighted by Crippen LogP contribution is 2.32. The number of nitrogens with zero attached hydrogens (tertiary/aromatic N) is 3. The molecular weight excluding hydrogens is 224 g/mol. The van der Waals surface area contributed by atoms with Gasteiger partial charge in [-0.2, -0.15) is 0 Å². The van der Waals surface area contributed by atoms with Gasteiger partial charge in [0.2, 0.25) is 0 Å². The minimum atomic E-state index is 0.599. The van der Waals surface area contributed by atoms with Crippen LogP contribution in [-0.4, -0.2) is 14.8 Å². The highest BCUT2D eigenvalue weighted by Gasteiger charge is 2.15. The Morgan fingerprint density at radius 1 is 1.38 bits per heavy atom. The minimum Gasteiger partial charge on any atom is -0.398 e. The standard InChI is InChI=1S/C11H13ClN4/c1-3-16-7(2)14-15-11(16)10-8(12)5-4-6-9(10)13/h4-6H,3,13H2,1-2H3. The van der Waals surface area contributed by atoms with Crippen LogP contribution in [0, 0.1) is 6.92 Å². The van der Waals surface area contributed by atoms with Crippen molar-refractivity contribution in [1.82, 2.24) is 14.8 Å². The van der Waals surface area contributed by atoms with Crippen LogP contribution in [0.1, 0.15) is 12.7 Å². The Morgan fingerprint density at radius 3 is 2.75 bits per heavy atom. The van der Waals surface area contributed by atoms with Gasteiger partial charge in [-0.15, -0.1) is 10.2 Å². The zero-order valence-electron chi connectivity index (χ0n) is 9.24. The van der Waals surface area contributed by atoms with Crippen molar-refractivity contribution in [1.29, 1.82) is 0 Å². The third-order valence-corrected chi connectivity index (χ3v) is 2.84. The molecule has 16 heavy (non-hydrogen) atoms. The lowest BCUT2D eigenvalue weighted by molar-refractivity contribution is 0.737. The molecule has 4 nitrogen and oxygen atoms in total. The quantitative estimate of drug-likeness (QED) is 0.816. The van der Waals surface area contributed by atoms with E-state index in [4.69, 9.17) is 17.3 Å². The SMILES string of the molecule is CCn1c(C)nnc1-c1c(N)cccc1Cl. The average Bonchev–Trinajstić information content (AvgIpc) is 2.59. The molecule has 2 N–H and O–H groups in total. The number of hydrogen-bond acceptors (Lipinski definition) is 3. The van der Waals surface area contributed by atoms with Crippen LogP contribution < -0.4 is 5.73 Å². The minimum absolute atomic E-state index is 0.599. The predicted octanol–water partition coefficient (Wildman–Crippen LogP) is 2.51. The number of nitrogen functional groups attached to an aromatic ring is 1. The molecule has 0 unspecified atom stereocenters. The smallest absolute Gasteiger partial charge is 0.167 e. The van der Waals surface area contributed by atoms with Gasteiger partial charge >= 0.3 is 0 Å². The second kappa shape index (κ2) is 4.14. The molecule has 5 heteroatoms. The van der Waals surface area contributed by atoms with Gasteiger partial charge in [0.05, 0.1) is 10.6 Å². The predicted molar refractivity (Wildman–Crippen MR) is 65.3 cm³/mol. The van der Waals surface area contributed by atoms with Gasteiger partial charge in [0.25, 0.3) is 0 Å². The van der Waals surface area contributed by atoms with Crippen molar-refractivity contribution < 1.29 is 0 Å². The summed E-state index contributed by atoms with van der Waals surface area (Å²) >= 11 is 6.14. The summed E-state index contributed by atoms with van der Waals surface area (Å²) in [4.78, 5) is 0. The first-order chi connectivity index (χ1) is 7.65. The van der Waals surface area contributed by atoms with Crippen molar-refractivity contribution in [2.45, 2.75) is 20.4 Å². The number of halogens is 1. The molecule has 0 radical (unpaired) electrons. The van der Waals surface area contributed by atoms with Gasteiger partial charge in [0, 0.05) is 12.2 Å². The summed E-state index contributed by atoms with van der Waals surface area (Å²) < 4.78 is 1.98. The monoisotopic (exact) mass is 236 g/mol. The highest BCUT2D eigenvalue weighted by atomic mass is 35.5. The zero-order valence-corrected chi connectivity index (χ0v) is 9.99. The first kappa shape index (κ1) is 11.0. The lowest BCUT2D eigenvalue weighted by atomic mass is 10.1. The number of benzene rings is 1. The maximum Gasteiger partial charge on any atom is 0.167 e. The third kappa shape index (κ3) is 1.65. The van der Waals surface area contributed by atoms with E-state index in [2.05, 4.69) is 10.2 Å². The molecule has 1 heterocycles. The topological polar surface area (TPSA) is 56.7 Å². The van der Waals surface area contributed by atoms with E-state index < -0.39 is 0 Å². The molecule has 0 spiro atoms. The van der Waals surface area contributed by atoms with Crippen molar-refractivity contribution in [3.05, 3.63) is 29.0 Å². The fourth-order valence-electron chi connectivity index (χ4n) is 1.72. The number of aromatic nitrogens is 3. The number of anilines is 1. The van der Waals surface area contributed by atoms with Crippen molar-refractivity contribution in [2.24, 2.45) is 0 Å². The van der Waals surface area contributed by atoms with E-state index in [1.165, 1.54) is 0 Å². The molecule has 1 aromatic carbocycles. The third-order valence-electron chi connectivity index (χ3n) is 2.52. The normalized spacial score (nSPS) is 10.7. The molecule has 0 saturated heterocycles. The summed E-state index contributed by atoms with van der Waals surface area (Å²) in [6.07, 6.45) is 0. The second-order valence-corrected chi connectivity index (χ2v) is 3.93. The van der Waals surface area contributed by atoms with E-state index in [-0.39, 0.29) is 0 Å². The number of nitrogens with two attached hydrogens (primary N) is 1. The van der Waals surface area contributed by atoms with E-state index in [0.717, 1.165) is 23.8 Å². The van der Waals surface area contributed by atoms with Gasteiger partial charge in [-0.25, -0.2) is 0 Å². The van der Waals surface area contributed by atoms with Crippen molar-refractivity contribution in [3.63, 3.8) is 0 Å². The van der Waals surface area contributed by atoms with Crippen LogP contribution >= 0.6 is 11.6 Å². The molecule has 0 atom stereocenters. The van der Waals surface area contributed by atoms with Gasteiger partial charge in [-0.05, 0) is 26.0 Å². The summed E-state index contributed by atoms with van der Waals surface area (Å²) in [5.41, 5.74) is 7.30. The van der Waals surface area contributed by atoms with Crippen LogP contribution in [0.3, 0.4) is 0 Å². The van der Waals surface area contributed by atoms with Crippen LogP contribution in [0.4, 0.5) is 5.69 Å². The van der Waals surface area contributed by atoms with Gasteiger partial charge in [-0.3, -0.25) is 0 Å². The van der Waals surface area contributed by atoms with E-state index in [9.17, 15) is 0 Å². The van der Waals surface area contributed by atoms with E-state index in [0.29, 0.717) is 10.7 Å². The Bertz CT molecular complexity index is 498. The molecule has 0 fully saturated rings.